The lowest BCUT2D eigenvalue weighted by molar-refractivity contribution is -0.0793. The monoisotopic (exact) mass is 236 g/mol. The Morgan fingerprint density at radius 3 is 2.88 bits per heavy atom. The molecule has 5 heteroatoms. The zero-order valence-corrected chi connectivity index (χ0v) is 9.73. The van der Waals surface area contributed by atoms with Crippen LogP contribution in [0.3, 0.4) is 0 Å². The van der Waals surface area contributed by atoms with E-state index in [4.69, 9.17) is 15.2 Å². The van der Waals surface area contributed by atoms with Gasteiger partial charge in [-0.15, -0.1) is 0 Å². The first kappa shape index (κ1) is 11.7. The van der Waals surface area contributed by atoms with Crippen molar-refractivity contribution in [3.05, 3.63) is 23.8 Å². The highest BCUT2D eigenvalue weighted by Gasteiger charge is 2.21. The number of nitrogens with two attached hydrogens (primary N) is 1. The van der Waals surface area contributed by atoms with Gasteiger partial charge in [0.15, 0.2) is 0 Å². The third kappa shape index (κ3) is 2.68. The Balaban J connectivity index is 2.07. The van der Waals surface area contributed by atoms with Crippen molar-refractivity contribution in [2.75, 3.05) is 25.5 Å². The summed E-state index contributed by atoms with van der Waals surface area (Å²) in [7, 11) is 0. The number of rotatable bonds is 4. The molecule has 3 N–H and O–H groups in total. The number of ether oxygens (including phenoxy) is 2. The van der Waals surface area contributed by atoms with Crippen LogP contribution in [0.15, 0.2) is 18.2 Å². The lowest BCUT2D eigenvalue weighted by atomic mass is 10.1. The van der Waals surface area contributed by atoms with E-state index in [0.717, 1.165) is 0 Å². The predicted octanol–water partition coefficient (Wildman–Crippen LogP) is 0.796. The first-order valence-corrected chi connectivity index (χ1v) is 5.63. The maximum absolute atomic E-state index is 11.6. The molecule has 1 aliphatic rings. The first-order valence-electron chi connectivity index (χ1n) is 5.63. The van der Waals surface area contributed by atoms with E-state index in [9.17, 15) is 4.79 Å². The van der Waals surface area contributed by atoms with Crippen LogP contribution in [0.1, 0.15) is 17.3 Å². The highest BCUT2D eigenvalue weighted by Crippen LogP contribution is 2.25. The minimum atomic E-state index is -0.127. The van der Waals surface area contributed by atoms with Gasteiger partial charge < -0.3 is 20.5 Å². The number of hydrogen-bond acceptors (Lipinski definition) is 4. The Hall–Kier alpha value is -1.75. The summed E-state index contributed by atoms with van der Waals surface area (Å²) >= 11 is 0. The summed E-state index contributed by atoms with van der Waals surface area (Å²) in [6.45, 7) is 3.65. The molecule has 0 radical (unpaired) electrons. The van der Waals surface area contributed by atoms with E-state index in [0.29, 0.717) is 36.8 Å². The van der Waals surface area contributed by atoms with E-state index in [1.165, 1.54) is 0 Å². The zero-order valence-electron chi connectivity index (χ0n) is 9.73. The second kappa shape index (κ2) is 5.05. The molecule has 1 aromatic carbocycles. The number of benzene rings is 1. The molecule has 17 heavy (non-hydrogen) atoms. The normalized spacial score (nSPS) is 15.1. The summed E-state index contributed by atoms with van der Waals surface area (Å²) in [5.41, 5.74) is 6.85. The highest BCUT2D eigenvalue weighted by molar-refractivity contribution is 5.95. The van der Waals surface area contributed by atoms with Gasteiger partial charge in [0.25, 0.3) is 5.91 Å². The molecular formula is C12H16N2O3. The maximum Gasteiger partial charge on any atom is 0.251 e. The van der Waals surface area contributed by atoms with Crippen molar-refractivity contribution in [3.8, 4) is 5.75 Å². The van der Waals surface area contributed by atoms with Crippen LogP contribution in [0.25, 0.3) is 0 Å². The molecule has 1 heterocycles. The molecule has 1 aliphatic heterocycles. The summed E-state index contributed by atoms with van der Waals surface area (Å²) in [6.07, 6.45) is 0.0765. The van der Waals surface area contributed by atoms with Gasteiger partial charge in [-0.1, -0.05) is 0 Å². The van der Waals surface area contributed by atoms with E-state index in [1.807, 2.05) is 6.92 Å². The zero-order chi connectivity index (χ0) is 12.3. The van der Waals surface area contributed by atoms with E-state index in [1.54, 1.807) is 18.2 Å². The Labute approximate surface area is 99.9 Å². The Kier molecular flexibility index (Phi) is 3.49. The molecule has 0 aliphatic carbocycles. The Morgan fingerprint density at radius 1 is 1.59 bits per heavy atom. The summed E-state index contributed by atoms with van der Waals surface area (Å²) in [4.78, 5) is 11.6. The highest BCUT2D eigenvalue weighted by atomic mass is 16.6. The summed E-state index contributed by atoms with van der Waals surface area (Å²) in [5, 5.41) is 2.72. The minimum Gasteiger partial charge on any atom is -0.483 e. The van der Waals surface area contributed by atoms with Crippen molar-refractivity contribution < 1.29 is 14.3 Å². The summed E-state index contributed by atoms with van der Waals surface area (Å²) in [5.74, 6) is 0.476. The SMILES string of the molecule is CCNC(=O)c1ccc(OC2COC2)c(N)c1. The van der Waals surface area contributed by atoms with E-state index in [2.05, 4.69) is 5.32 Å². The van der Waals surface area contributed by atoms with Crippen LogP contribution in [-0.4, -0.2) is 31.8 Å². The second-order valence-electron chi connectivity index (χ2n) is 3.89. The number of nitrogens with one attached hydrogen (secondary N) is 1. The van der Waals surface area contributed by atoms with Gasteiger partial charge in [0.1, 0.15) is 11.9 Å². The van der Waals surface area contributed by atoms with Crippen LogP contribution in [0.5, 0.6) is 5.75 Å². The number of anilines is 1. The van der Waals surface area contributed by atoms with Crippen molar-refractivity contribution in [1.82, 2.24) is 5.32 Å². The van der Waals surface area contributed by atoms with Crippen LogP contribution in [0.4, 0.5) is 5.69 Å². The lowest BCUT2D eigenvalue weighted by Crippen LogP contribution is -2.38. The van der Waals surface area contributed by atoms with Gasteiger partial charge in [-0.05, 0) is 25.1 Å². The molecule has 0 unspecified atom stereocenters. The Morgan fingerprint density at radius 2 is 2.35 bits per heavy atom. The maximum atomic E-state index is 11.6. The molecule has 1 amide bonds. The molecule has 0 atom stereocenters. The van der Waals surface area contributed by atoms with Crippen LogP contribution < -0.4 is 15.8 Å². The smallest absolute Gasteiger partial charge is 0.251 e. The molecule has 0 bridgehead atoms. The first-order chi connectivity index (χ1) is 8.20. The van der Waals surface area contributed by atoms with Gasteiger partial charge in [0.05, 0.1) is 18.9 Å². The van der Waals surface area contributed by atoms with Crippen molar-refractivity contribution >= 4 is 11.6 Å². The van der Waals surface area contributed by atoms with Gasteiger partial charge in [-0.3, -0.25) is 4.79 Å². The fourth-order valence-electron chi connectivity index (χ4n) is 1.52. The van der Waals surface area contributed by atoms with Crippen molar-refractivity contribution in [2.45, 2.75) is 13.0 Å². The van der Waals surface area contributed by atoms with Crippen LogP contribution in [0.2, 0.25) is 0 Å². The van der Waals surface area contributed by atoms with Gasteiger partial charge in [-0.25, -0.2) is 0 Å². The molecule has 92 valence electrons. The van der Waals surface area contributed by atoms with Crippen LogP contribution in [0, 0.1) is 0 Å². The Bertz CT molecular complexity index is 416. The molecule has 5 nitrogen and oxygen atoms in total. The second-order valence-corrected chi connectivity index (χ2v) is 3.89. The van der Waals surface area contributed by atoms with Crippen molar-refractivity contribution in [1.29, 1.82) is 0 Å². The third-order valence-electron chi connectivity index (χ3n) is 2.51. The van der Waals surface area contributed by atoms with E-state index < -0.39 is 0 Å². The average Bonchev–Trinajstić information content (AvgIpc) is 2.25. The molecule has 0 aromatic heterocycles. The van der Waals surface area contributed by atoms with Crippen molar-refractivity contribution in [2.24, 2.45) is 0 Å². The standard InChI is InChI=1S/C12H16N2O3/c1-2-14-12(15)8-3-4-11(10(13)5-8)17-9-6-16-7-9/h3-5,9H,2,6-7,13H2,1H3,(H,14,15). The largest absolute Gasteiger partial charge is 0.483 e. The summed E-state index contributed by atoms with van der Waals surface area (Å²) < 4.78 is 10.6. The predicted molar refractivity (Wildman–Crippen MR) is 64.1 cm³/mol. The van der Waals surface area contributed by atoms with E-state index >= 15 is 0 Å². The fourth-order valence-corrected chi connectivity index (χ4v) is 1.52. The molecule has 2 rings (SSSR count). The van der Waals surface area contributed by atoms with Gasteiger partial charge in [0.2, 0.25) is 0 Å². The number of nitrogen functional groups attached to an aromatic ring is 1. The number of hydrogen-bond donors (Lipinski definition) is 2. The fraction of sp³-hybridized carbons (Fsp3) is 0.417. The molecule has 1 aromatic rings. The number of amides is 1. The van der Waals surface area contributed by atoms with Gasteiger partial charge >= 0.3 is 0 Å². The van der Waals surface area contributed by atoms with E-state index in [-0.39, 0.29) is 12.0 Å². The minimum absolute atomic E-state index is 0.0765. The van der Waals surface area contributed by atoms with Crippen LogP contribution in [-0.2, 0) is 4.74 Å². The van der Waals surface area contributed by atoms with Gasteiger partial charge in [0, 0.05) is 12.1 Å². The lowest BCUT2D eigenvalue weighted by Gasteiger charge is -2.27. The summed E-state index contributed by atoms with van der Waals surface area (Å²) in [6, 6.07) is 5.05. The number of carbonyl (C=O) groups excluding carboxylic acids is 1. The van der Waals surface area contributed by atoms with Crippen LogP contribution >= 0.6 is 0 Å². The number of carbonyl (C=O) groups is 1. The molecule has 0 spiro atoms. The topological polar surface area (TPSA) is 73.6 Å². The molecule has 1 fully saturated rings. The van der Waals surface area contributed by atoms with Crippen molar-refractivity contribution in [3.63, 3.8) is 0 Å². The quantitative estimate of drug-likeness (QED) is 0.758. The molecule has 1 saturated heterocycles. The average molecular weight is 236 g/mol. The third-order valence-corrected chi connectivity index (χ3v) is 2.51. The molecule has 0 saturated carbocycles. The van der Waals surface area contributed by atoms with Gasteiger partial charge in [-0.2, -0.15) is 0 Å². The molecular weight excluding hydrogens is 220 g/mol.